The second-order valence-corrected chi connectivity index (χ2v) is 5.59. The van der Waals surface area contributed by atoms with Crippen molar-refractivity contribution in [2.24, 2.45) is 0 Å². The van der Waals surface area contributed by atoms with Gasteiger partial charge in [0.15, 0.2) is 6.10 Å². The third-order valence-electron chi connectivity index (χ3n) is 2.65. The Morgan fingerprint density at radius 2 is 1.90 bits per heavy atom. The van der Waals surface area contributed by atoms with Crippen LogP contribution in [0.5, 0.6) is 5.75 Å². The number of carbonyl (C=O) groups excluding carboxylic acids is 1. The predicted molar refractivity (Wildman–Crippen MR) is 80.0 cm³/mol. The molecule has 2 aromatic rings. The molecular weight excluding hydrogens is 347 g/mol. The molecule has 2 rings (SSSR count). The number of rotatable bonds is 4. The van der Waals surface area contributed by atoms with E-state index in [1.165, 1.54) is 12.1 Å². The normalized spacial score (nSPS) is 12.0. The molecule has 0 radical (unpaired) electrons. The number of benzene rings is 2. The number of ketones is 1. The van der Waals surface area contributed by atoms with Gasteiger partial charge in [0.25, 0.3) is 0 Å². The molecule has 0 spiro atoms. The molecule has 0 aliphatic heterocycles. The minimum Gasteiger partial charge on any atom is -0.482 e. The minimum atomic E-state index is -0.718. The summed E-state index contributed by atoms with van der Waals surface area (Å²) in [4.78, 5) is 12.2. The molecule has 20 heavy (non-hydrogen) atoms. The lowest BCUT2D eigenvalue weighted by molar-refractivity contribution is 0.0817. The summed E-state index contributed by atoms with van der Waals surface area (Å²) in [6, 6.07) is 10.7. The van der Waals surface area contributed by atoms with E-state index in [1.807, 2.05) is 0 Å². The van der Waals surface area contributed by atoms with Gasteiger partial charge in [0.2, 0.25) is 5.78 Å². The van der Waals surface area contributed by atoms with E-state index in [2.05, 4.69) is 15.9 Å². The summed E-state index contributed by atoms with van der Waals surface area (Å²) in [7, 11) is 0. The molecule has 0 aromatic heterocycles. The Morgan fingerprint density at radius 3 is 2.50 bits per heavy atom. The lowest BCUT2D eigenvalue weighted by atomic mass is 10.1. The van der Waals surface area contributed by atoms with E-state index in [1.54, 1.807) is 37.3 Å². The quantitative estimate of drug-likeness (QED) is 0.728. The van der Waals surface area contributed by atoms with Crippen LogP contribution in [0.2, 0.25) is 5.02 Å². The summed E-state index contributed by atoms with van der Waals surface area (Å²) in [5.41, 5.74) is 0.498. The first-order valence-electron chi connectivity index (χ1n) is 5.88. The maximum atomic E-state index is 13.2. The van der Waals surface area contributed by atoms with Crippen LogP contribution in [0.1, 0.15) is 17.3 Å². The van der Waals surface area contributed by atoms with Crippen molar-refractivity contribution in [1.29, 1.82) is 0 Å². The van der Waals surface area contributed by atoms with Gasteiger partial charge in [-0.2, -0.15) is 0 Å². The highest BCUT2D eigenvalue weighted by Crippen LogP contribution is 2.22. The second-order valence-electron chi connectivity index (χ2n) is 4.24. The first-order valence-corrected chi connectivity index (χ1v) is 7.05. The first-order chi connectivity index (χ1) is 9.45. The van der Waals surface area contributed by atoms with Crippen LogP contribution in [0.3, 0.4) is 0 Å². The minimum absolute atomic E-state index is 0.193. The molecule has 0 heterocycles. The van der Waals surface area contributed by atoms with Crippen molar-refractivity contribution in [2.45, 2.75) is 13.0 Å². The zero-order chi connectivity index (χ0) is 14.7. The Hall–Kier alpha value is -1.39. The zero-order valence-corrected chi connectivity index (χ0v) is 12.9. The average molecular weight is 358 g/mol. The van der Waals surface area contributed by atoms with Gasteiger partial charge in [0.05, 0.1) is 0 Å². The monoisotopic (exact) mass is 356 g/mol. The van der Waals surface area contributed by atoms with E-state index in [0.29, 0.717) is 20.8 Å². The van der Waals surface area contributed by atoms with Crippen LogP contribution >= 0.6 is 27.5 Å². The van der Waals surface area contributed by atoms with Gasteiger partial charge in [-0.1, -0.05) is 27.5 Å². The van der Waals surface area contributed by atoms with E-state index in [-0.39, 0.29) is 5.78 Å². The van der Waals surface area contributed by atoms with Crippen LogP contribution in [-0.4, -0.2) is 11.9 Å². The van der Waals surface area contributed by atoms with Gasteiger partial charge in [-0.15, -0.1) is 0 Å². The maximum Gasteiger partial charge on any atom is 0.202 e. The molecule has 0 aliphatic rings. The SMILES string of the molecule is CC(Oc1cc(F)cc(Br)c1)C(=O)c1ccc(Cl)cc1. The van der Waals surface area contributed by atoms with Crippen LogP contribution in [0.4, 0.5) is 4.39 Å². The van der Waals surface area contributed by atoms with E-state index in [4.69, 9.17) is 16.3 Å². The third kappa shape index (κ3) is 3.81. The summed E-state index contributed by atoms with van der Waals surface area (Å²) in [6.07, 6.45) is -0.718. The van der Waals surface area contributed by atoms with Gasteiger partial charge in [-0.05, 0) is 43.3 Å². The molecule has 0 saturated carbocycles. The van der Waals surface area contributed by atoms with E-state index < -0.39 is 11.9 Å². The number of halogens is 3. The maximum absolute atomic E-state index is 13.2. The summed E-state index contributed by atoms with van der Waals surface area (Å²) in [6.45, 7) is 1.62. The second kappa shape index (κ2) is 6.37. The number of hydrogen-bond acceptors (Lipinski definition) is 2. The number of carbonyl (C=O) groups is 1. The lowest BCUT2D eigenvalue weighted by Gasteiger charge is -2.14. The molecule has 5 heteroatoms. The van der Waals surface area contributed by atoms with Gasteiger partial charge in [-0.3, -0.25) is 4.79 Å². The average Bonchev–Trinajstić information content (AvgIpc) is 2.37. The van der Waals surface area contributed by atoms with Crippen LogP contribution in [0, 0.1) is 5.82 Å². The Balaban J connectivity index is 2.13. The highest BCUT2D eigenvalue weighted by Gasteiger charge is 2.17. The molecule has 0 N–H and O–H groups in total. The van der Waals surface area contributed by atoms with E-state index >= 15 is 0 Å². The fourth-order valence-electron chi connectivity index (χ4n) is 1.70. The largest absolute Gasteiger partial charge is 0.482 e. The molecule has 2 nitrogen and oxygen atoms in total. The Labute approximate surface area is 129 Å². The summed E-state index contributed by atoms with van der Waals surface area (Å²) >= 11 is 8.94. The molecule has 1 unspecified atom stereocenters. The number of hydrogen-bond donors (Lipinski definition) is 0. The number of Topliss-reactive ketones (excluding diaryl/α,β-unsaturated/α-hetero) is 1. The van der Waals surface area contributed by atoms with E-state index in [0.717, 1.165) is 0 Å². The molecule has 0 fully saturated rings. The summed E-state index contributed by atoms with van der Waals surface area (Å²) < 4.78 is 19.3. The van der Waals surface area contributed by atoms with Gasteiger partial charge in [0, 0.05) is 21.1 Å². The molecular formula is C15H11BrClFO2. The standard InChI is InChI=1S/C15H11BrClFO2/c1-9(15(19)10-2-4-12(17)5-3-10)20-14-7-11(16)6-13(18)8-14/h2-9H,1H3. The molecule has 0 bridgehead atoms. The van der Waals surface area contributed by atoms with Gasteiger partial charge >= 0.3 is 0 Å². The predicted octanol–water partition coefficient (Wildman–Crippen LogP) is 4.89. The molecule has 0 amide bonds. The Kier molecular flexibility index (Phi) is 4.78. The molecule has 2 aromatic carbocycles. The van der Waals surface area contributed by atoms with Crippen molar-refractivity contribution in [3.05, 3.63) is 63.3 Å². The number of ether oxygens (including phenoxy) is 1. The topological polar surface area (TPSA) is 26.3 Å². The molecule has 104 valence electrons. The van der Waals surface area contributed by atoms with Crippen molar-refractivity contribution < 1.29 is 13.9 Å². The van der Waals surface area contributed by atoms with Crippen LogP contribution < -0.4 is 4.74 Å². The fraction of sp³-hybridized carbons (Fsp3) is 0.133. The molecule has 1 atom stereocenters. The summed E-state index contributed by atoms with van der Waals surface area (Å²) in [5, 5.41) is 0.559. The van der Waals surface area contributed by atoms with Crippen molar-refractivity contribution in [3.63, 3.8) is 0 Å². The van der Waals surface area contributed by atoms with Crippen molar-refractivity contribution >= 4 is 33.3 Å². The van der Waals surface area contributed by atoms with Gasteiger partial charge in [-0.25, -0.2) is 4.39 Å². The highest BCUT2D eigenvalue weighted by atomic mass is 79.9. The zero-order valence-electron chi connectivity index (χ0n) is 10.6. The molecule has 0 aliphatic carbocycles. The van der Waals surface area contributed by atoms with Gasteiger partial charge in [0.1, 0.15) is 11.6 Å². The Bertz CT molecular complexity index is 608. The summed E-state index contributed by atoms with van der Waals surface area (Å²) in [5.74, 6) is -0.325. The third-order valence-corrected chi connectivity index (χ3v) is 3.36. The van der Waals surface area contributed by atoms with Crippen LogP contribution in [0.15, 0.2) is 46.9 Å². The van der Waals surface area contributed by atoms with Crippen molar-refractivity contribution in [1.82, 2.24) is 0 Å². The van der Waals surface area contributed by atoms with Crippen molar-refractivity contribution in [2.75, 3.05) is 0 Å². The van der Waals surface area contributed by atoms with Gasteiger partial charge < -0.3 is 4.74 Å². The first kappa shape index (κ1) is 15.0. The molecule has 0 saturated heterocycles. The van der Waals surface area contributed by atoms with E-state index in [9.17, 15) is 9.18 Å². The smallest absolute Gasteiger partial charge is 0.202 e. The lowest BCUT2D eigenvalue weighted by Crippen LogP contribution is -2.23. The van der Waals surface area contributed by atoms with Crippen LogP contribution in [-0.2, 0) is 0 Å². The Morgan fingerprint density at radius 1 is 1.25 bits per heavy atom. The highest BCUT2D eigenvalue weighted by molar-refractivity contribution is 9.10. The van der Waals surface area contributed by atoms with Crippen LogP contribution in [0.25, 0.3) is 0 Å². The van der Waals surface area contributed by atoms with Crippen molar-refractivity contribution in [3.8, 4) is 5.75 Å². The fourth-order valence-corrected chi connectivity index (χ4v) is 2.27.